The van der Waals surface area contributed by atoms with Gasteiger partial charge in [-0.3, -0.25) is 9.69 Å². The summed E-state index contributed by atoms with van der Waals surface area (Å²) in [6, 6.07) is 5.20. The van der Waals surface area contributed by atoms with Crippen molar-refractivity contribution in [2.24, 2.45) is 0 Å². The van der Waals surface area contributed by atoms with Crippen LogP contribution in [-0.4, -0.2) is 42.8 Å². The van der Waals surface area contributed by atoms with Crippen molar-refractivity contribution in [1.82, 2.24) is 4.90 Å². The van der Waals surface area contributed by atoms with E-state index in [1.807, 2.05) is 13.0 Å². The summed E-state index contributed by atoms with van der Waals surface area (Å²) in [7, 11) is 1.58. The monoisotopic (exact) mass is 305 g/mol. The van der Waals surface area contributed by atoms with Crippen molar-refractivity contribution in [2.75, 3.05) is 26.8 Å². The molecule has 0 bridgehead atoms. The Hall–Kier alpha value is -0.810. The second-order valence-electron chi connectivity index (χ2n) is 4.18. The van der Waals surface area contributed by atoms with Gasteiger partial charge in [-0.25, -0.2) is 0 Å². The van der Waals surface area contributed by atoms with Crippen LogP contribution in [0.2, 0.25) is 10.0 Å². The Balaban J connectivity index is 2.93. The quantitative estimate of drug-likeness (QED) is 0.841. The van der Waals surface area contributed by atoms with Crippen molar-refractivity contribution >= 4 is 29.2 Å². The molecule has 0 fully saturated rings. The van der Waals surface area contributed by atoms with Crippen molar-refractivity contribution in [3.05, 3.63) is 33.8 Å². The summed E-state index contributed by atoms with van der Waals surface area (Å²) >= 11 is 12.1. The highest BCUT2D eigenvalue weighted by atomic mass is 35.5. The van der Waals surface area contributed by atoms with Gasteiger partial charge >= 0.3 is 5.97 Å². The van der Waals surface area contributed by atoms with E-state index in [1.54, 1.807) is 24.1 Å². The van der Waals surface area contributed by atoms with E-state index in [1.165, 1.54) is 0 Å². The van der Waals surface area contributed by atoms with Crippen LogP contribution < -0.4 is 0 Å². The smallest absolute Gasteiger partial charge is 0.317 e. The molecule has 0 aliphatic rings. The van der Waals surface area contributed by atoms with Gasteiger partial charge in [0.25, 0.3) is 0 Å². The summed E-state index contributed by atoms with van der Waals surface area (Å²) in [4.78, 5) is 12.7. The predicted octanol–water partition coefficient (Wildman–Crippen LogP) is 3.09. The zero-order chi connectivity index (χ0) is 14.4. The molecule has 1 N–H and O–H groups in total. The molecule has 0 radical (unpaired) electrons. The van der Waals surface area contributed by atoms with E-state index >= 15 is 0 Å². The van der Waals surface area contributed by atoms with Gasteiger partial charge in [0, 0.05) is 19.7 Å². The molecule has 1 aromatic rings. The van der Waals surface area contributed by atoms with E-state index in [-0.39, 0.29) is 12.6 Å². The Kier molecular flexibility index (Phi) is 6.58. The molecule has 0 heterocycles. The number of aliphatic carboxylic acids is 1. The Bertz CT molecular complexity index is 440. The molecule has 0 amide bonds. The average Bonchev–Trinajstić information content (AvgIpc) is 2.36. The van der Waals surface area contributed by atoms with Crippen LogP contribution in [0.15, 0.2) is 18.2 Å². The van der Waals surface area contributed by atoms with Crippen molar-refractivity contribution in [3.8, 4) is 0 Å². The van der Waals surface area contributed by atoms with Gasteiger partial charge in [0.15, 0.2) is 0 Å². The topological polar surface area (TPSA) is 49.8 Å². The SMILES string of the molecule is COCCN(CC(=O)O)C(C)c1cccc(Cl)c1Cl. The molecule has 0 aromatic heterocycles. The van der Waals surface area contributed by atoms with Crippen LogP contribution in [0.1, 0.15) is 18.5 Å². The lowest BCUT2D eigenvalue weighted by atomic mass is 10.1. The van der Waals surface area contributed by atoms with Crippen LogP contribution in [0.4, 0.5) is 0 Å². The lowest BCUT2D eigenvalue weighted by Gasteiger charge is -2.28. The zero-order valence-corrected chi connectivity index (χ0v) is 12.4. The second kappa shape index (κ2) is 7.70. The number of hydrogen-bond acceptors (Lipinski definition) is 3. The van der Waals surface area contributed by atoms with E-state index in [0.29, 0.717) is 23.2 Å². The molecule has 106 valence electrons. The van der Waals surface area contributed by atoms with Gasteiger partial charge in [0.2, 0.25) is 0 Å². The molecule has 1 atom stereocenters. The highest BCUT2D eigenvalue weighted by molar-refractivity contribution is 6.42. The van der Waals surface area contributed by atoms with E-state index in [4.69, 9.17) is 33.0 Å². The lowest BCUT2D eigenvalue weighted by Crippen LogP contribution is -2.35. The maximum absolute atomic E-state index is 10.9. The molecule has 0 spiro atoms. The molecule has 1 unspecified atom stereocenters. The number of ether oxygens (including phenoxy) is 1. The molecule has 4 nitrogen and oxygen atoms in total. The van der Waals surface area contributed by atoms with Crippen LogP contribution in [-0.2, 0) is 9.53 Å². The molecule has 19 heavy (non-hydrogen) atoms. The second-order valence-corrected chi connectivity index (χ2v) is 4.96. The van der Waals surface area contributed by atoms with Crippen LogP contribution in [0.3, 0.4) is 0 Å². The summed E-state index contributed by atoms with van der Waals surface area (Å²) < 4.78 is 5.00. The number of nitrogens with zero attached hydrogens (tertiary/aromatic N) is 1. The number of carboxylic acid groups (broad SMARTS) is 1. The number of benzene rings is 1. The molecule has 0 saturated heterocycles. The number of carboxylic acids is 1. The van der Waals surface area contributed by atoms with Crippen molar-refractivity contribution in [3.63, 3.8) is 0 Å². The first-order valence-corrected chi connectivity index (χ1v) is 6.61. The maximum Gasteiger partial charge on any atom is 0.317 e. The number of rotatable bonds is 7. The maximum atomic E-state index is 10.9. The van der Waals surface area contributed by atoms with E-state index < -0.39 is 5.97 Å². The number of methoxy groups -OCH3 is 1. The van der Waals surface area contributed by atoms with Gasteiger partial charge in [0.1, 0.15) is 0 Å². The van der Waals surface area contributed by atoms with Crippen molar-refractivity contribution in [2.45, 2.75) is 13.0 Å². The summed E-state index contributed by atoms with van der Waals surface area (Å²) in [5.74, 6) is -0.888. The first kappa shape index (κ1) is 16.2. The Morgan fingerprint density at radius 3 is 2.74 bits per heavy atom. The predicted molar refractivity (Wildman–Crippen MR) is 76.0 cm³/mol. The first-order chi connectivity index (χ1) is 8.97. The molecule has 1 rings (SSSR count). The van der Waals surface area contributed by atoms with Gasteiger partial charge < -0.3 is 9.84 Å². The van der Waals surface area contributed by atoms with Crippen LogP contribution in [0.5, 0.6) is 0 Å². The summed E-state index contributed by atoms with van der Waals surface area (Å²) in [6.07, 6.45) is 0. The van der Waals surface area contributed by atoms with Crippen LogP contribution in [0.25, 0.3) is 0 Å². The summed E-state index contributed by atoms with van der Waals surface area (Å²) in [5, 5.41) is 9.89. The third-order valence-electron chi connectivity index (χ3n) is 2.90. The Morgan fingerprint density at radius 2 is 2.16 bits per heavy atom. The molecular formula is C13H17Cl2NO3. The molecule has 0 saturated carbocycles. The highest BCUT2D eigenvalue weighted by Gasteiger charge is 2.21. The van der Waals surface area contributed by atoms with Crippen LogP contribution in [0, 0.1) is 0 Å². The normalized spacial score (nSPS) is 12.7. The fraction of sp³-hybridized carbons (Fsp3) is 0.462. The van der Waals surface area contributed by atoms with Gasteiger partial charge in [-0.1, -0.05) is 35.3 Å². The largest absolute Gasteiger partial charge is 0.480 e. The zero-order valence-electron chi connectivity index (χ0n) is 10.9. The van der Waals surface area contributed by atoms with E-state index in [2.05, 4.69) is 0 Å². The molecular weight excluding hydrogens is 289 g/mol. The lowest BCUT2D eigenvalue weighted by molar-refractivity contribution is -0.139. The van der Waals surface area contributed by atoms with Crippen molar-refractivity contribution < 1.29 is 14.6 Å². The highest BCUT2D eigenvalue weighted by Crippen LogP contribution is 2.32. The van der Waals surface area contributed by atoms with Crippen molar-refractivity contribution in [1.29, 1.82) is 0 Å². The third-order valence-corrected chi connectivity index (χ3v) is 3.73. The number of halogens is 2. The Morgan fingerprint density at radius 1 is 1.47 bits per heavy atom. The molecule has 0 aliphatic carbocycles. The van der Waals surface area contributed by atoms with Gasteiger partial charge in [-0.15, -0.1) is 0 Å². The fourth-order valence-electron chi connectivity index (χ4n) is 1.83. The number of hydrogen-bond donors (Lipinski definition) is 1. The minimum Gasteiger partial charge on any atom is -0.480 e. The van der Waals surface area contributed by atoms with Crippen LogP contribution >= 0.6 is 23.2 Å². The molecule has 0 aliphatic heterocycles. The Labute approximate surface area is 122 Å². The van der Waals surface area contributed by atoms with Gasteiger partial charge in [0.05, 0.1) is 23.2 Å². The fourth-order valence-corrected chi connectivity index (χ4v) is 2.30. The molecule has 1 aromatic carbocycles. The standard InChI is InChI=1S/C13H17Cl2NO3/c1-9(10-4-3-5-11(14)13(10)15)16(6-7-19-2)8-12(17)18/h3-5,9H,6-8H2,1-2H3,(H,17,18). The minimum absolute atomic E-state index is 0.0760. The van der Waals surface area contributed by atoms with Gasteiger partial charge in [-0.05, 0) is 18.6 Å². The third kappa shape index (κ3) is 4.66. The first-order valence-electron chi connectivity index (χ1n) is 5.86. The summed E-state index contributed by atoms with van der Waals surface area (Å²) in [6.45, 7) is 2.78. The average molecular weight is 306 g/mol. The van der Waals surface area contributed by atoms with E-state index in [0.717, 1.165) is 5.56 Å². The van der Waals surface area contributed by atoms with Gasteiger partial charge in [-0.2, -0.15) is 0 Å². The molecule has 6 heteroatoms. The number of carbonyl (C=O) groups is 1. The minimum atomic E-state index is -0.888. The summed E-state index contributed by atoms with van der Waals surface area (Å²) in [5.41, 5.74) is 0.812. The van der Waals surface area contributed by atoms with E-state index in [9.17, 15) is 4.79 Å².